The molecule has 2 aromatic rings. The molecule has 0 heterocycles. The van der Waals surface area contributed by atoms with Gasteiger partial charge in [-0.3, -0.25) is 0 Å². The minimum Gasteiger partial charge on any atom is -0.507 e. The van der Waals surface area contributed by atoms with E-state index in [0.29, 0.717) is 22.6 Å². The second-order valence-electron chi connectivity index (χ2n) is 4.74. The summed E-state index contributed by atoms with van der Waals surface area (Å²) < 4.78 is 0. The standard InChI is InChI=1S/C17H16N2O3/c1-11(13-7-3-4-9-15(13)17(21)22)18-19-12(2)14-8-5-6-10-16(14)20/h3-10,20H,1-2H3,(H,21,22)/b18-11+,19-12+. The number of phenols is 1. The quantitative estimate of drug-likeness (QED) is 0.670. The number of nitrogens with zero attached hydrogens (tertiary/aromatic N) is 2. The number of aromatic carboxylic acids is 1. The van der Waals surface area contributed by atoms with Gasteiger partial charge in [0.05, 0.1) is 17.0 Å². The molecule has 0 aliphatic carbocycles. The molecular formula is C17H16N2O3. The lowest BCUT2D eigenvalue weighted by molar-refractivity contribution is 0.0696. The normalized spacial score (nSPS) is 12.3. The van der Waals surface area contributed by atoms with Gasteiger partial charge in [-0.1, -0.05) is 30.3 Å². The molecule has 0 amide bonds. The predicted octanol–water partition coefficient (Wildman–Crippen LogP) is 3.32. The number of para-hydroxylation sites is 1. The van der Waals surface area contributed by atoms with E-state index in [1.807, 2.05) is 0 Å². The van der Waals surface area contributed by atoms with Gasteiger partial charge in [-0.05, 0) is 32.0 Å². The number of aromatic hydroxyl groups is 1. The topological polar surface area (TPSA) is 82.2 Å². The minimum absolute atomic E-state index is 0.127. The van der Waals surface area contributed by atoms with Gasteiger partial charge < -0.3 is 10.2 Å². The van der Waals surface area contributed by atoms with Crippen molar-refractivity contribution in [2.24, 2.45) is 10.2 Å². The zero-order chi connectivity index (χ0) is 16.1. The summed E-state index contributed by atoms with van der Waals surface area (Å²) in [6, 6.07) is 13.5. The largest absolute Gasteiger partial charge is 0.507 e. The highest BCUT2D eigenvalue weighted by Crippen LogP contribution is 2.17. The van der Waals surface area contributed by atoms with E-state index in [9.17, 15) is 15.0 Å². The summed E-state index contributed by atoms with van der Waals surface area (Å²) in [6.07, 6.45) is 0. The molecule has 0 radical (unpaired) electrons. The lowest BCUT2D eigenvalue weighted by Gasteiger charge is -2.05. The van der Waals surface area contributed by atoms with Crippen LogP contribution in [0.3, 0.4) is 0 Å². The van der Waals surface area contributed by atoms with Crippen LogP contribution < -0.4 is 0 Å². The highest BCUT2D eigenvalue weighted by molar-refractivity contribution is 6.08. The van der Waals surface area contributed by atoms with Crippen molar-refractivity contribution in [3.05, 3.63) is 65.2 Å². The van der Waals surface area contributed by atoms with Crippen molar-refractivity contribution < 1.29 is 15.0 Å². The van der Waals surface area contributed by atoms with Crippen LogP contribution in [-0.2, 0) is 0 Å². The van der Waals surface area contributed by atoms with Crippen LogP contribution in [-0.4, -0.2) is 27.6 Å². The molecule has 0 fully saturated rings. The molecule has 2 N–H and O–H groups in total. The molecule has 0 atom stereocenters. The molecule has 2 rings (SSSR count). The number of carboxylic acids is 1. The summed E-state index contributed by atoms with van der Waals surface area (Å²) in [5.41, 5.74) is 2.33. The molecule has 0 aliphatic heterocycles. The van der Waals surface area contributed by atoms with Gasteiger partial charge >= 0.3 is 5.97 Å². The number of benzene rings is 2. The van der Waals surface area contributed by atoms with E-state index >= 15 is 0 Å². The zero-order valence-corrected chi connectivity index (χ0v) is 12.3. The molecule has 5 heteroatoms. The van der Waals surface area contributed by atoms with Gasteiger partial charge in [0.15, 0.2) is 0 Å². The van der Waals surface area contributed by atoms with Crippen molar-refractivity contribution in [2.75, 3.05) is 0 Å². The number of phenolic OH excluding ortho intramolecular Hbond substituents is 1. The first-order chi connectivity index (χ1) is 10.5. The van der Waals surface area contributed by atoms with Gasteiger partial charge in [-0.2, -0.15) is 10.2 Å². The van der Waals surface area contributed by atoms with Crippen LogP contribution in [0.5, 0.6) is 5.75 Å². The predicted molar refractivity (Wildman–Crippen MR) is 85.9 cm³/mol. The van der Waals surface area contributed by atoms with Crippen molar-refractivity contribution in [1.82, 2.24) is 0 Å². The number of carbonyl (C=O) groups is 1. The Labute approximate surface area is 128 Å². The van der Waals surface area contributed by atoms with Gasteiger partial charge in [0.1, 0.15) is 5.75 Å². The Morgan fingerprint density at radius 3 is 1.82 bits per heavy atom. The van der Waals surface area contributed by atoms with E-state index < -0.39 is 5.97 Å². The molecule has 0 saturated heterocycles. The first-order valence-corrected chi connectivity index (χ1v) is 6.70. The van der Waals surface area contributed by atoms with Crippen LogP contribution in [0.25, 0.3) is 0 Å². The summed E-state index contributed by atoms with van der Waals surface area (Å²) in [5, 5.41) is 27.1. The lowest BCUT2D eigenvalue weighted by Crippen LogP contribution is -2.06. The fourth-order valence-electron chi connectivity index (χ4n) is 2.02. The average Bonchev–Trinajstić information content (AvgIpc) is 2.52. The summed E-state index contributed by atoms with van der Waals surface area (Å²) in [4.78, 5) is 11.2. The van der Waals surface area contributed by atoms with Crippen molar-refractivity contribution in [3.63, 3.8) is 0 Å². The van der Waals surface area contributed by atoms with Crippen LogP contribution in [0.2, 0.25) is 0 Å². The van der Waals surface area contributed by atoms with Crippen molar-refractivity contribution in [1.29, 1.82) is 0 Å². The highest BCUT2D eigenvalue weighted by Gasteiger charge is 2.11. The average molecular weight is 296 g/mol. The number of hydrogen-bond acceptors (Lipinski definition) is 4. The maximum atomic E-state index is 11.2. The van der Waals surface area contributed by atoms with E-state index in [1.165, 1.54) is 6.07 Å². The molecule has 0 saturated carbocycles. The Balaban J connectivity index is 2.36. The van der Waals surface area contributed by atoms with Crippen LogP contribution in [0, 0.1) is 0 Å². The first kappa shape index (κ1) is 15.4. The molecule has 0 aromatic heterocycles. The van der Waals surface area contributed by atoms with Gasteiger partial charge in [0, 0.05) is 11.1 Å². The molecule has 5 nitrogen and oxygen atoms in total. The van der Waals surface area contributed by atoms with Gasteiger partial charge in [0.25, 0.3) is 0 Å². The molecule has 22 heavy (non-hydrogen) atoms. The Morgan fingerprint density at radius 1 is 0.818 bits per heavy atom. The smallest absolute Gasteiger partial charge is 0.336 e. The van der Waals surface area contributed by atoms with E-state index in [2.05, 4.69) is 10.2 Å². The van der Waals surface area contributed by atoms with E-state index in [0.717, 1.165) is 0 Å². The van der Waals surface area contributed by atoms with E-state index in [4.69, 9.17) is 0 Å². The summed E-state index contributed by atoms with van der Waals surface area (Å²) in [5.74, 6) is -0.880. The van der Waals surface area contributed by atoms with E-state index in [1.54, 1.807) is 56.3 Å². The maximum absolute atomic E-state index is 11.2. The van der Waals surface area contributed by atoms with Crippen molar-refractivity contribution in [3.8, 4) is 5.75 Å². The monoisotopic (exact) mass is 296 g/mol. The molecule has 0 aliphatic rings. The molecule has 0 bridgehead atoms. The van der Waals surface area contributed by atoms with E-state index in [-0.39, 0.29) is 11.3 Å². The number of hydrogen-bond donors (Lipinski definition) is 2. The second-order valence-corrected chi connectivity index (χ2v) is 4.74. The Hall–Kier alpha value is -2.95. The first-order valence-electron chi connectivity index (χ1n) is 6.70. The van der Waals surface area contributed by atoms with Gasteiger partial charge in [-0.15, -0.1) is 0 Å². The number of carboxylic acid groups (broad SMARTS) is 1. The van der Waals surface area contributed by atoms with Gasteiger partial charge in [-0.25, -0.2) is 4.79 Å². The summed E-state index contributed by atoms with van der Waals surface area (Å²) in [7, 11) is 0. The Morgan fingerprint density at radius 2 is 1.27 bits per heavy atom. The highest BCUT2D eigenvalue weighted by atomic mass is 16.4. The molecule has 2 aromatic carbocycles. The van der Waals surface area contributed by atoms with Crippen molar-refractivity contribution in [2.45, 2.75) is 13.8 Å². The molecule has 112 valence electrons. The Bertz CT molecular complexity index is 764. The summed E-state index contributed by atoms with van der Waals surface area (Å²) in [6.45, 7) is 3.43. The maximum Gasteiger partial charge on any atom is 0.336 e. The minimum atomic E-state index is -1.01. The lowest BCUT2D eigenvalue weighted by atomic mass is 10.0. The van der Waals surface area contributed by atoms with Gasteiger partial charge in [0.2, 0.25) is 0 Å². The SMILES string of the molecule is C/C(=N\N=C(/C)c1ccccc1C(=O)O)c1ccccc1O. The van der Waals surface area contributed by atoms with Crippen LogP contribution in [0.15, 0.2) is 58.7 Å². The molecular weight excluding hydrogens is 280 g/mol. The van der Waals surface area contributed by atoms with Crippen LogP contribution >= 0.6 is 0 Å². The van der Waals surface area contributed by atoms with Crippen molar-refractivity contribution >= 4 is 17.4 Å². The third-order valence-electron chi connectivity index (χ3n) is 3.19. The fourth-order valence-corrected chi connectivity index (χ4v) is 2.02. The zero-order valence-electron chi connectivity index (χ0n) is 12.3. The third kappa shape index (κ3) is 3.38. The number of rotatable bonds is 4. The molecule has 0 spiro atoms. The third-order valence-corrected chi connectivity index (χ3v) is 3.19. The van der Waals surface area contributed by atoms with Crippen LogP contribution in [0.1, 0.15) is 35.3 Å². The van der Waals surface area contributed by atoms with Crippen LogP contribution in [0.4, 0.5) is 0 Å². The second kappa shape index (κ2) is 6.67. The summed E-state index contributed by atoms with van der Waals surface area (Å²) >= 11 is 0. The molecule has 0 unspecified atom stereocenters. The fraction of sp³-hybridized carbons (Fsp3) is 0.118. The Kier molecular flexibility index (Phi) is 4.68.